The van der Waals surface area contributed by atoms with E-state index in [9.17, 15) is 13.2 Å². The number of fused-ring (bicyclic) bond motifs is 1. The maximum absolute atomic E-state index is 12.5. The molecule has 0 N–H and O–H groups in total. The van der Waals surface area contributed by atoms with Crippen molar-refractivity contribution in [3.05, 3.63) is 34.6 Å². The van der Waals surface area contributed by atoms with Crippen molar-refractivity contribution in [1.82, 2.24) is 7.87 Å². The topological polar surface area (TPSA) is 59.4 Å². The quantitative estimate of drug-likeness (QED) is 0.746. The van der Waals surface area contributed by atoms with Crippen molar-refractivity contribution >= 4 is 34.4 Å². The third kappa shape index (κ3) is 2.40. The molecule has 2 aliphatic rings. The van der Waals surface area contributed by atoms with Gasteiger partial charge in [0.2, 0.25) is 0 Å². The van der Waals surface area contributed by atoms with Gasteiger partial charge in [-0.25, -0.2) is 0 Å². The van der Waals surface area contributed by atoms with Crippen LogP contribution in [0, 0.1) is 0 Å². The van der Waals surface area contributed by atoms with E-state index in [4.69, 9.17) is 0 Å². The van der Waals surface area contributed by atoms with E-state index in [0.29, 0.717) is 13.1 Å². The molecule has 0 atom stereocenters. The zero-order valence-corrected chi connectivity index (χ0v) is 14.7. The van der Waals surface area contributed by atoms with Gasteiger partial charge in [0.25, 0.3) is 0 Å². The van der Waals surface area contributed by atoms with E-state index >= 15 is 0 Å². The number of hydrogen-bond donors (Lipinski definition) is 0. The van der Waals surface area contributed by atoms with Gasteiger partial charge in [0.1, 0.15) is 0 Å². The summed E-state index contributed by atoms with van der Waals surface area (Å²) in [6, 6.07) is 7.99. The third-order valence-electron chi connectivity index (χ3n) is 4.57. The number of benzene rings is 1. The Morgan fingerprint density at radius 3 is 2.36 bits per heavy atom. The molecule has 1 saturated carbocycles. The van der Waals surface area contributed by atoms with Crippen LogP contribution in [0.3, 0.4) is 0 Å². The van der Waals surface area contributed by atoms with Crippen LogP contribution in [-0.2, 0) is 10.0 Å². The summed E-state index contributed by atoms with van der Waals surface area (Å²) in [7, 11) is -3.07. The van der Waals surface area contributed by atoms with Gasteiger partial charge in [-0.15, -0.1) is 0 Å². The molecule has 0 unspecified atom stereocenters. The minimum atomic E-state index is -3.07. The van der Waals surface area contributed by atoms with Crippen LogP contribution in [0.2, 0.25) is 0 Å². The summed E-state index contributed by atoms with van der Waals surface area (Å²) in [5.41, 5.74) is 0.124. The molecule has 5 nitrogen and oxygen atoms in total. The summed E-state index contributed by atoms with van der Waals surface area (Å²) >= 11 is 0.0376. The molecule has 2 fully saturated rings. The average Bonchev–Trinajstić information content (AvgIpc) is 3.34. The molecule has 4 rings (SSSR count). The Kier molecular flexibility index (Phi) is 3.57. The van der Waals surface area contributed by atoms with Crippen LogP contribution < -0.4 is 5.56 Å². The summed E-state index contributed by atoms with van der Waals surface area (Å²) in [6.45, 7) is 1.11. The van der Waals surface area contributed by atoms with Crippen molar-refractivity contribution in [2.45, 2.75) is 37.0 Å². The molecule has 1 aliphatic carbocycles. The Bertz CT molecular complexity index is 858. The molecule has 0 radical (unpaired) electrons. The summed E-state index contributed by atoms with van der Waals surface area (Å²) in [4.78, 5) is 12.5. The van der Waals surface area contributed by atoms with E-state index in [1.807, 2.05) is 27.8 Å². The van der Waals surface area contributed by atoms with Crippen molar-refractivity contribution < 1.29 is 8.42 Å². The zero-order valence-electron chi connectivity index (χ0n) is 12.1. The Morgan fingerprint density at radius 2 is 1.73 bits per heavy atom. The number of sulfonamides is 1. The van der Waals surface area contributed by atoms with Gasteiger partial charge in [-0.1, -0.05) is 0 Å². The Labute approximate surface area is 135 Å². The SMILES string of the molecule is O=c1c2ccccc2[se]n1C1CCN(S(=O)(=O)C2CC2)CC1. The molecule has 0 spiro atoms. The first-order valence-corrected chi connectivity index (χ1v) is 10.8. The molecular weight excluding hydrogens is 367 g/mol. The minimum absolute atomic E-state index is 0.0376. The van der Waals surface area contributed by atoms with Gasteiger partial charge >= 0.3 is 135 Å². The second-order valence-corrected chi connectivity index (χ2v) is 10.4. The van der Waals surface area contributed by atoms with Crippen molar-refractivity contribution in [3.8, 4) is 0 Å². The van der Waals surface area contributed by atoms with Crippen molar-refractivity contribution in [1.29, 1.82) is 0 Å². The van der Waals surface area contributed by atoms with Crippen molar-refractivity contribution in [3.63, 3.8) is 0 Å². The van der Waals surface area contributed by atoms with Gasteiger partial charge in [-0.2, -0.15) is 0 Å². The van der Waals surface area contributed by atoms with Crippen molar-refractivity contribution in [2.75, 3.05) is 13.1 Å². The molecule has 1 saturated heterocycles. The van der Waals surface area contributed by atoms with Gasteiger partial charge in [0, 0.05) is 0 Å². The number of piperidine rings is 1. The fourth-order valence-electron chi connectivity index (χ4n) is 3.14. The second kappa shape index (κ2) is 5.34. The third-order valence-corrected chi connectivity index (χ3v) is 9.52. The Balaban J connectivity index is 1.56. The molecule has 2 aromatic rings. The zero-order chi connectivity index (χ0) is 15.3. The second-order valence-electron chi connectivity index (χ2n) is 6.09. The maximum atomic E-state index is 12.5. The summed E-state index contributed by atoms with van der Waals surface area (Å²) < 4.78 is 29.3. The Hall–Kier alpha value is -0.881. The van der Waals surface area contributed by atoms with Crippen LogP contribution in [-0.4, -0.2) is 49.4 Å². The van der Waals surface area contributed by atoms with Gasteiger partial charge in [-0.3, -0.25) is 0 Å². The summed E-state index contributed by atoms with van der Waals surface area (Å²) in [5, 5.41) is 0.696. The Morgan fingerprint density at radius 1 is 1.05 bits per heavy atom. The normalized spacial score (nSPS) is 21.5. The first-order chi connectivity index (χ1) is 10.6. The van der Waals surface area contributed by atoms with E-state index in [1.54, 1.807) is 4.31 Å². The monoisotopic (exact) mass is 386 g/mol. The molecule has 22 heavy (non-hydrogen) atoms. The molecule has 2 heterocycles. The molecule has 1 aliphatic heterocycles. The van der Waals surface area contributed by atoms with Crippen molar-refractivity contribution in [2.24, 2.45) is 0 Å². The van der Waals surface area contributed by atoms with Gasteiger partial charge in [0.05, 0.1) is 0 Å². The summed E-state index contributed by atoms with van der Waals surface area (Å²) in [5.74, 6) is 0. The van der Waals surface area contributed by atoms with Crippen LogP contribution in [0.5, 0.6) is 0 Å². The van der Waals surface area contributed by atoms with E-state index in [-0.39, 0.29) is 31.6 Å². The average molecular weight is 385 g/mol. The fourth-order valence-corrected chi connectivity index (χ4v) is 7.42. The first-order valence-electron chi connectivity index (χ1n) is 7.67. The first kappa shape index (κ1) is 14.7. The molecule has 7 heteroatoms. The van der Waals surface area contributed by atoms with Crippen LogP contribution in [0.15, 0.2) is 29.1 Å². The van der Waals surface area contributed by atoms with Crippen LogP contribution >= 0.6 is 0 Å². The van der Waals surface area contributed by atoms with Gasteiger partial charge in [-0.05, 0) is 0 Å². The van der Waals surface area contributed by atoms with Gasteiger partial charge in [0.15, 0.2) is 0 Å². The molecule has 1 aromatic heterocycles. The van der Waals surface area contributed by atoms with Crippen LogP contribution in [0.1, 0.15) is 31.7 Å². The molecular formula is C15H18N2O3SSe. The number of nitrogens with zero attached hydrogens (tertiary/aromatic N) is 2. The fraction of sp³-hybridized carbons (Fsp3) is 0.533. The summed E-state index contributed by atoms with van der Waals surface area (Å²) in [6.07, 6.45) is 3.14. The number of rotatable bonds is 3. The van der Waals surface area contributed by atoms with E-state index in [2.05, 4.69) is 0 Å². The predicted octanol–water partition coefficient (Wildman–Crippen LogP) is 1.19. The van der Waals surface area contributed by atoms with E-state index in [1.165, 1.54) is 0 Å². The van der Waals surface area contributed by atoms with Crippen LogP contribution in [0.4, 0.5) is 0 Å². The standard InChI is InChI=1S/C15H18N2O3SSe/c18-15-13-3-1-2-4-14(13)22-17(15)11-7-9-16(10-8-11)21(19,20)12-5-6-12/h1-4,11-12H,5-10H2. The van der Waals surface area contributed by atoms with Gasteiger partial charge < -0.3 is 0 Å². The van der Waals surface area contributed by atoms with E-state index in [0.717, 1.165) is 35.3 Å². The molecule has 1 aromatic carbocycles. The van der Waals surface area contributed by atoms with E-state index < -0.39 is 10.0 Å². The molecule has 0 amide bonds. The molecule has 0 bridgehead atoms. The number of hydrogen-bond acceptors (Lipinski definition) is 3. The molecule has 118 valence electrons. The van der Waals surface area contributed by atoms with Crippen LogP contribution in [0.25, 0.3) is 9.65 Å². The predicted molar refractivity (Wildman–Crippen MR) is 86.9 cm³/mol. The number of aromatic nitrogens is 1.